The minimum Gasteiger partial charge on any atom is -0.462 e. The molecule has 2 heterocycles. The highest BCUT2D eigenvalue weighted by Gasteiger charge is 2.16. The predicted molar refractivity (Wildman–Crippen MR) is 124 cm³/mol. The third-order valence-corrected chi connectivity index (χ3v) is 4.50. The van der Waals surface area contributed by atoms with Crippen molar-refractivity contribution < 1.29 is 14.5 Å². The van der Waals surface area contributed by atoms with Crippen LogP contribution in [0, 0.1) is 21.4 Å². The second-order valence-electron chi connectivity index (χ2n) is 6.85. The van der Waals surface area contributed by atoms with E-state index in [1.54, 1.807) is 19.1 Å². The van der Waals surface area contributed by atoms with E-state index in [0.717, 1.165) is 5.56 Å². The normalized spacial score (nSPS) is 10.1. The minimum absolute atomic E-state index is 0.0835. The van der Waals surface area contributed by atoms with Gasteiger partial charge in [0.05, 0.1) is 23.2 Å². The van der Waals surface area contributed by atoms with Crippen LogP contribution in [-0.2, 0) is 11.3 Å². The van der Waals surface area contributed by atoms with E-state index in [-0.39, 0.29) is 17.9 Å². The molecule has 0 saturated heterocycles. The summed E-state index contributed by atoms with van der Waals surface area (Å²) in [6.07, 6.45) is 2.57. The lowest BCUT2D eigenvalue weighted by molar-refractivity contribution is -0.385. The number of carbonyl (C=O) groups excluding carboxylic acids is 1. The topological polar surface area (TPSA) is 168 Å². The molecule has 3 aromatic rings. The first kappa shape index (κ1) is 23.9. The van der Waals surface area contributed by atoms with Crippen LogP contribution in [0.1, 0.15) is 28.4 Å². The molecule has 3 rings (SSSR count). The van der Waals surface area contributed by atoms with Gasteiger partial charge in [0.1, 0.15) is 23.4 Å². The summed E-state index contributed by atoms with van der Waals surface area (Å²) in [5.74, 6) is 0.567. The molecule has 3 N–H and O–H groups in total. The van der Waals surface area contributed by atoms with E-state index in [1.165, 1.54) is 24.5 Å². The van der Waals surface area contributed by atoms with Gasteiger partial charge in [-0.15, -0.1) is 0 Å². The number of rotatable bonds is 11. The Morgan fingerprint density at radius 3 is 2.50 bits per heavy atom. The summed E-state index contributed by atoms with van der Waals surface area (Å²) in [4.78, 5) is 35.0. The molecule has 0 saturated carbocycles. The van der Waals surface area contributed by atoms with Crippen LogP contribution in [0.5, 0.6) is 0 Å². The van der Waals surface area contributed by atoms with Crippen molar-refractivity contribution in [3.05, 3.63) is 75.6 Å². The number of nitro groups is 1. The molecule has 0 aliphatic heterocycles. The van der Waals surface area contributed by atoms with E-state index in [1.807, 2.05) is 12.1 Å². The zero-order valence-electron chi connectivity index (χ0n) is 18.3. The number of nitrogens with one attached hydrogen (secondary N) is 3. The number of hydrogen-bond acceptors (Lipinski definition) is 11. The van der Waals surface area contributed by atoms with Crippen LogP contribution in [0.25, 0.3) is 0 Å². The Balaban J connectivity index is 1.62. The maximum atomic E-state index is 12.3. The lowest BCUT2D eigenvalue weighted by Crippen LogP contribution is -2.18. The van der Waals surface area contributed by atoms with Crippen molar-refractivity contribution in [2.24, 2.45) is 0 Å². The summed E-state index contributed by atoms with van der Waals surface area (Å²) in [6, 6.07) is 12.0. The minimum atomic E-state index is -0.540. The summed E-state index contributed by atoms with van der Waals surface area (Å²) in [5.41, 5.74) is 1.58. The summed E-state index contributed by atoms with van der Waals surface area (Å²) >= 11 is 0. The van der Waals surface area contributed by atoms with Crippen LogP contribution in [0.2, 0.25) is 0 Å². The molecule has 2 aromatic heterocycles. The van der Waals surface area contributed by atoms with Crippen LogP contribution in [0.4, 0.5) is 23.3 Å². The fourth-order valence-corrected chi connectivity index (χ4v) is 2.81. The molecule has 12 heteroatoms. The van der Waals surface area contributed by atoms with Gasteiger partial charge in [0.15, 0.2) is 0 Å². The van der Waals surface area contributed by atoms with Gasteiger partial charge in [-0.2, -0.15) is 10.2 Å². The number of pyridine rings is 1. The lowest BCUT2D eigenvalue weighted by Gasteiger charge is -2.13. The highest BCUT2D eigenvalue weighted by atomic mass is 16.6. The zero-order chi connectivity index (χ0) is 24.3. The molecule has 0 bridgehead atoms. The monoisotopic (exact) mass is 462 g/mol. The lowest BCUT2D eigenvalue weighted by atomic mass is 10.1. The Bertz CT molecular complexity index is 1180. The average Bonchev–Trinajstić information content (AvgIpc) is 2.86. The molecule has 0 atom stereocenters. The molecule has 0 fully saturated rings. The predicted octanol–water partition coefficient (Wildman–Crippen LogP) is 2.96. The highest BCUT2D eigenvalue weighted by molar-refractivity contribution is 5.94. The molecule has 1 aromatic carbocycles. The number of hydrogen-bond donors (Lipinski definition) is 3. The van der Waals surface area contributed by atoms with Crippen molar-refractivity contribution in [2.45, 2.75) is 13.5 Å². The van der Waals surface area contributed by atoms with Crippen LogP contribution >= 0.6 is 0 Å². The second kappa shape index (κ2) is 11.7. The molecule has 174 valence electrons. The van der Waals surface area contributed by atoms with Crippen molar-refractivity contribution in [1.29, 1.82) is 5.26 Å². The van der Waals surface area contributed by atoms with Crippen molar-refractivity contribution in [3.63, 3.8) is 0 Å². The molecule has 12 nitrogen and oxygen atoms in total. The number of anilines is 3. The van der Waals surface area contributed by atoms with Gasteiger partial charge in [0.25, 0.3) is 5.69 Å². The van der Waals surface area contributed by atoms with E-state index in [4.69, 9.17) is 10.00 Å². The van der Waals surface area contributed by atoms with Gasteiger partial charge >= 0.3 is 5.97 Å². The maximum Gasteiger partial charge on any atom is 0.343 e. The van der Waals surface area contributed by atoms with Gasteiger partial charge in [-0.3, -0.25) is 10.1 Å². The third-order valence-electron chi connectivity index (χ3n) is 4.50. The summed E-state index contributed by atoms with van der Waals surface area (Å²) in [6.45, 7) is 3.18. The van der Waals surface area contributed by atoms with E-state index in [9.17, 15) is 14.9 Å². The maximum absolute atomic E-state index is 12.3. The Morgan fingerprint density at radius 1 is 1.09 bits per heavy atom. The first-order chi connectivity index (χ1) is 16.5. The summed E-state index contributed by atoms with van der Waals surface area (Å²) in [5, 5.41) is 28.8. The van der Waals surface area contributed by atoms with Crippen molar-refractivity contribution >= 4 is 29.2 Å². The summed E-state index contributed by atoms with van der Waals surface area (Å²) < 4.78 is 5.09. The quantitative estimate of drug-likeness (QED) is 0.166. The molecular weight excluding hydrogens is 440 g/mol. The smallest absolute Gasteiger partial charge is 0.343 e. The number of ether oxygens (including phenoxy) is 1. The molecule has 0 aliphatic carbocycles. The molecule has 0 spiro atoms. The number of aromatic nitrogens is 3. The number of carbonyl (C=O) groups is 1. The first-order valence-corrected chi connectivity index (χ1v) is 10.4. The number of esters is 1. The van der Waals surface area contributed by atoms with E-state index < -0.39 is 10.9 Å². The van der Waals surface area contributed by atoms with Gasteiger partial charge in [-0.25, -0.2) is 14.8 Å². The van der Waals surface area contributed by atoms with E-state index in [2.05, 4.69) is 37.0 Å². The number of nitriles is 1. The summed E-state index contributed by atoms with van der Waals surface area (Å²) in [7, 11) is 0. The molecular formula is C22H22N8O4. The van der Waals surface area contributed by atoms with Crippen molar-refractivity contribution in [3.8, 4) is 6.07 Å². The fourth-order valence-electron chi connectivity index (χ4n) is 2.81. The third kappa shape index (κ3) is 6.60. The molecule has 34 heavy (non-hydrogen) atoms. The Labute approximate surface area is 195 Å². The Kier molecular flexibility index (Phi) is 8.23. The highest BCUT2D eigenvalue weighted by Crippen LogP contribution is 2.17. The SMILES string of the molecule is CCOC(=O)c1cnc(NCCNc2ccc([N+](=O)[O-])cn2)nc1NCc1ccc(C#N)cc1. The fraction of sp³-hybridized carbons (Fsp3) is 0.227. The molecule has 0 aliphatic rings. The van der Waals surface area contributed by atoms with Crippen LogP contribution in [0.3, 0.4) is 0 Å². The average molecular weight is 462 g/mol. The van der Waals surface area contributed by atoms with Crippen LogP contribution in [0.15, 0.2) is 48.8 Å². The second-order valence-corrected chi connectivity index (χ2v) is 6.85. The van der Waals surface area contributed by atoms with Gasteiger partial charge < -0.3 is 20.7 Å². The van der Waals surface area contributed by atoms with Gasteiger partial charge in [-0.1, -0.05) is 12.1 Å². The Hall–Kier alpha value is -4.79. The van der Waals surface area contributed by atoms with Crippen LogP contribution < -0.4 is 16.0 Å². The van der Waals surface area contributed by atoms with Gasteiger partial charge in [-0.05, 0) is 30.7 Å². The van der Waals surface area contributed by atoms with Crippen LogP contribution in [-0.4, -0.2) is 45.5 Å². The molecule has 0 unspecified atom stereocenters. The van der Waals surface area contributed by atoms with E-state index >= 15 is 0 Å². The van der Waals surface area contributed by atoms with Crippen molar-refractivity contribution in [1.82, 2.24) is 15.0 Å². The zero-order valence-corrected chi connectivity index (χ0v) is 18.3. The molecule has 0 radical (unpaired) electrons. The standard InChI is InChI=1S/C22H22N8O4/c1-2-34-21(31)18-14-28-22(25-10-9-24-19-8-7-17(13-26-19)30(32)33)29-20(18)27-12-16-5-3-15(11-23)4-6-16/h3-8,13-14H,2,9-10,12H2,1H3,(H,24,26)(H2,25,27,28,29). The number of benzene rings is 1. The number of nitrogens with zero attached hydrogens (tertiary/aromatic N) is 5. The largest absolute Gasteiger partial charge is 0.462 e. The van der Waals surface area contributed by atoms with Crippen molar-refractivity contribution in [2.75, 3.05) is 35.6 Å². The Morgan fingerprint density at radius 2 is 1.85 bits per heavy atom. The van der Waals surface area contributed by atoms with E-state index in [0.29, 0.717) is 42.8 Å². The molecule has 0 amide bonds. The van der Waals surface area contributed by atoms with Gasteiger partial charge in [0.2, 0.25) is 5.95 Å². The van der Waals surface area contributed by atoms with Gasteiger partial charge in [0, 0.05) is 31.9 Å². The first-order valence-electron chi connectivity index (χ1n) is 10.4.